The van der Waals surface area contributed by atoms with Crippen molar-refractivity contribution in [2.24, 2.45) is 0 Å². The molecule has 0 unspecified atom stereocenters. The molecule has 10 nitrogen and oxygen atoms in total. The third kappa shape index (κ3) is 4.58. The number of nitrogens with one attached hydrogen (secondary N) is 1. The molecule has 1 heterocycles. The molecular weight excluding hydrogens is 414 g/mol. The van der Waals surface area contributed by atoms with Crippen LogP contribution < -0.4 is 10.1 Å². The van der Waals surface area contributed by atoms with Crippen molar-refractivity contribution in [3.8, 4) is 11.5 Å². The Balaban J connectivity index is 1.71. The minimum Gasteiger partial charge on any atom is -0.506 e. The van der Waals surface area contributed by atoms with Crippen LogP contribution in [0.4, 0.5) is 16.2 Å². The van der Waals surface area contributed by atoms with Crippen LogP contribution in [-0.4, -0.2) is 45.6 Å². The summed E-state index contributed by atoms with van der Waals surface area (Å²) in [5.41, 5.74) is 0.138. The number of hydrogen-bond acceptors (Lipinski definition) is 8. The number of hydrogen-bond donors (Lipinski definition) is 2. The maximum Gasteiger partial charge on any atom is 0.294 e. The van der Waals surface area contributed by atoms with Gasteiger partial charge in [0.05, 0.1) is 22.6 Å². The monoisotopic (exact) mass is 429 g/mol. The number of methoxy groups -OCH3 is 1. The van der Waals surface area contributed by atoms with Crippen molar-refractivity contribution >= 4 is 46.3 Å². The van der Waals surface area contributed by atoms with Crippen molar-refractivity contribution in [3.05, 3.63) is 63.0 Å². The number of aromatic hydroxyl groups is 1. The quantitative estimate of drug-likeness (QED) is 0.309. The van der Waals surface area contributed by atoms with E-state index in [2.05, 4.69) is 5.32 Å². The summed E-state index contributed by atoms with van der Waals surface area (Å²) in [5, 5.41) is 22.2. The van der Waals surface area contributed by atoms with E-state index in [1.54, 1.807) is 24.3 Å². The summed E-state index contributed by atoms with van der Waals surface area (Å²) in [6.45, 7) is -0.604. The van der Waals surface area contributed by atoms with E-state index in [0.717, 1.165) is 23.1 Å². The highest BCUT2D eigenvalue weighted by molar-refractivity contribution is 8.18. The van der Waals surface area contributed by atoms with Gasteiger partial charge in [0.2, 0.25) is 5.91 Å². The fourth-order valence-electron chi connectivity index (χ4n) is 2.56. The molecule has 0 saturated carbocycles. The second-order valence-corrected chi connectivity index (χ2v) is 7.04. The fourth-order valence-corrected chi connectivity index (χ4v) is 3.40. The van der Waals surface area contributed by atoms with E-state index in [4.69, 9.17) is 4.74 Å². The third-order valence-electron chi connectivity index (χ3n) is 4.05. The van der Waals surface area contributed by atoms with Gasteiger partial charge in [0.25, 0.3) is 16.8 Å². The van der Waals surface area contributed by atoms with Crippen molar-refractivity contribution in [1.82, 2.24) is 4.90 Å². The van der Waals surface area contributed by atoms with Gasteiger partial charge < -0.3 is 15.2 Å². The van der Waals surface area contributed by atoms with E-state index in [1.807, 2.05) is 0 Å². The van der Waals surface area contributed by atoms with E-state index < -0.39 is 28.5 Å². The van der Waals surface area contributed by atoms with Gasteiger partial charge in [0, 0.05) is 12.1 Å². The summed E-state index contributed by atoms with van der Waals surface area (Å²) in [5.74, 6) is -1.18. The first-order valence-electron chi connectivity index (χ1n) is 8.45. The Morgan fingerprint density at radius 1 is 1.27 bits per heavy atom. The van der Waals surface area contributed by atoms with E-state index in [9.17, 15) is 29.6 Å². The molecule has 30 heavy (non-hydrogen) atoms. The molecule has 0 bridgehead atoms. The van der Waals surface area contributed by atoms with Crippen LogP contribution in [0, 0.1) is 10.1 Å². The van der Waals surface area contributed by atoms with Gasteiger partial charge in [0.1, 0.15) is 18.0 Å². The van der Waals surface area contributed by atoms with E-state index in [-0.39, 0.29) is 22.0 Å². The highest BCUT2D eigenvalue weighted by Gasteiger charge is 2.36. The van der Waals surface area contributed by atoms with Crippen LogP contribution in [0.15, 0.2) is 47.4 Å². The molecule has 3 amide bonds. The van der Waals surface area contributed by atoms with Gasteiger partial charge in [-0.05, 0) is 41.6 Å². The zero-order valence-electron chi connectivity index (χ0n) is 15.5. The van der Waals surface area contributed by atoms with Crippen molar-refractivity contribution < 1.29 is 29.2 Å². The molecule has 11 heteroatoms. The maximum atomic E-state index is 12.5. The molecule has 0 aliphatic carbocycles. The number of carbonyl (C=O) groups excluding carboxylic acids is 3. The number of thioether (sulfide) groups is 1. The lowest BCUT2D eigenvalue weighted by Crippen LogP contribution is -2.36. The van der Waals surface area contributed by atoms with Gasteiger partial charge >= 0.3 is 0 Å². The largest absolute Gasteiger partial charge is 0.506 e. The van der Waals surface area contributed by atoms with Gasteiger partial charge in [-0.2, -0.15) is 0 Å². The molecular formula is C19H15N3O7S. The summed E-state index contributed by atoms with van der Waals surface area (Å²) < 4.78 is 5.06. The number of rotatable bonds is 6. The van der Waals surface area contributed by atoms with Gasteiger partial charge in [-0.1, -0.05) is 12.1 Å². The summed E-state index contributed by atoms with van der Waals surface area (Å²) in [6, 6.07) is 9.95. The lowest BCUT2D eigenvalue weighted by molar-refractivity contribution is -0.384. The number of ether oxygens (including phenoxy) is 1. The molecule has 2 N–H and O–H groups in total. The molecule has 0 radical (unpaired) electrons. The Labute approximate surface area is 174 Å². The first kappa shape index (κ1) is 20.9. The number of imide groups is 1. The van der Waals surface area contributed by atoms with Gasteiger partial charge in [-0.3, -0.25) is 29.4 Å². The molecule has 1 saturated heterocycles. The summed E-state index contributed by atoms with van der Waals surface area (Å²) >= 11 is 0.693. The Morgan fingerprint density at radius 2 is 1.97 bits per heavy atom. The summed E-state index contributed by atoms with van der Waals surface area (Å²) in [6.07, 6.45) is 1.52. The van der Waals surface area contributed by atoms with Crippen molar-refractivity contribution in [3.63, 3.8) is 0 Å². The highest BCUT2D eigenvalue weighted by atomic mass is 32.2. The third-order valence-corrected chi connectivity index (χ3v) is 4.96. The van der Waals surface area contributed by atoms with Gasteiger partial charge in [-0.25, -0.2) is 0 Å². The van der Waals surface area contributed by atoms with Crippen LogP contribution in [0.5, 0.6) is 11.5 Å². The van der Waals surface area contributed by atoms with Crippen LogP contribution in [0.3, 0.4) is 0 Å². The molecule has 1 aliphatic heterocycles. The highest BCUT2D eigenvalue weighted by Crippen LogP contribution is 2.33. The number of nitro groups is 1. The molecule has 0 spiro atoms. The second-order valence-electron chi connectivity index (χ2n) is 6.05. The lowest BCUT2D eigenvalue weighted by Gasteiger charge is -2.13. The lowest BCUT2D eigenvalue weighted by atomic mass is 10.2. The number of amides is 3. The molecule has 1 fully saturated rings. The van der Waals surface area contributed by atoms with E-state index >= 15 is 0 Å². The van der Waals surface area contributed by atoms with Crippen molar-refractivity contribution in [1.29, 1.82) is 0 Å². The topological polar surface area (TPSA) is 139 Å². The first-order valence-corrected chi connectivity index (χ1v) is 9.27. The van der Waals surface area contributed by atoms with Crippen LogP contribution in [-0.2, 0) is 9.59 Å². The van der Waals surface area contributed by atoms with Crippen LogP contribution in [0.2, 0.25) is 0 Å². The van der Waals surface area contributed by atoms with Gasteiger partial charge in [-0.15, -0.1) is 0 Å². The SMILES string of the molecule is COc1ccc(/C=C2\SC(=O)N(CC(=O)Nc3cc([N+](=O)[O-])ccc3O)C2=O)cc1. The number of anilines is 1. The number of nitrogens with zero attached hydrogens (tertiary/aromatic N) is 2. The number of carbonyl (C=O) groups is 3. The van der Waals surface area contributed by atoms with E-state index in [1.165, 1.54) is 13.2 Å². The number of nitro benzene ring substituents is 1. The van der Waals surface area contributed by atoms with Crippen LogP contribution in [0.1, 0.15) is 5.56 Å². The fraction of sp³-hybridized carbons (Fsp3) is 0.105. The number of phenols is 1. The number of phenolic OH excluding ortho intramolecular Hbond substituents is 1. The number of benzene rings is 2. The molecule has 2 aromatic rings. The molecule has 2 aromatic carbocycles. The standard InChI is InChI=1S/C19H15N3O7S/c1-29-13-5-2-11(3-6-13)8-16-18(25)21(19(26)30-16)10-17(24)20-14-9-12(22(27)28)4-7-15(14)23/h2-9,23H,10H2,1H3,(H,20,24)/b16-8-. The molecule has 1 aliphatic rings. The summed E-state index contributed by atoms with van der Waals surface area (Å²) in [4.78, 5) is 48.0. The minimum absolute atomic E-state index is 0.149. The molecule has 154 valence electrons. The summed E-state index contributed by atoms with van der Waals surface area (Å²) in [7, 11) is 1.53. The predicted octanol–water partition coefficient (Wildman–Crippen LogP) is 2.98. The van der Waals surface area contributed by atoms with Gasteiger partial charge in [0.15, 0.2) is 0 Å². The normalized spacial score (nSPS) is 14.8. The smallest absolute Gasteiger partial charge is 0.294 e. The zero-order chi connectivity index (χ0) is 21.8. The van der Waals surface area contributed by atoms with Crippen molar-refractivity contribution in [2.75, 3.05) is 19.0 Å². The maximum absolute atomic E-state index is 12.5. The molecule has 3 rings (SSSR count). The average Bonchev–Trinajstić information content (AvgIpc) is 2.97. The van der Waals surface area contributed by atoms with E-state index in [0.29, 0.717) is 23.1 Å². The molecule has 0 atom stereocenters. The first-order chi connectivity index (χ1) is 14.3. The van der Waals surface area contributed by atoms with Crippen LogP contribution in [0.25, 0.3) is 6.08 Å². The predicted molar refractivity (Wildman–Crippen MR) is 109 cm³/mol. The average molecular weight is 429 g/mol. The van der Waals surface area contributed by atoms with Crippen molar-refractivity contribution in [2.45, 2.75) is 0 Å². The zero-order valence-corrected chi connectivity index (χ0v) is 16.3. The molecule has 0 aromatic heterocycles. The number of non-ortho nitro benzene ring substituents is 1. The Kier molecular flexibility index (Phi) is 6.02. The Morgan fingerprint density at radius 3 is 2.60 bits per heavy atom. The Bertz CT molecular complexity index is 1070. The minimum atomic E-state index is -0.793. The van der Waals surface area contributed by atoms with Crippen LogP contribution >= 0.6 is 11.8 Å². The second kappa shape index (κ2) is 8.66. The Hall–Kier alpha value is -3.86.